The summed E-state index contributed by atoms with van der Waals surface area (Å²) < 4.78 is 0. The summed E-state index contributed by atoms with van der Waals surface area (Å²) in [5.41, 5.74) is 0. The van der Waals surface area contributed by atoms with E-state index in [9.17, 15) is 0 Å². The second-order valence-corrected chi connectivity index (χ2v) is 5.36. The predicted molar refractivity (Wildman–Crippen MR) is 53.0 cm³/mol. The van der Waals surface area contributed by atoms with Gasteiger partial charge >= 0.3 is 0 Å². The van der Waals surface area contributed by atoms with Crippen LogP contribution in [0.15, 0.2) is 0 Å². The predicted octanol–water partition coefficient (Wildman–Crippen LogP) is 3.86. The van der Waals surface area contributed by atoms with Crippen LogP contribution in [0.5, 0.6) is 0 Å². The van der Waals surface area contributed by atoms with Crippen LogP contribution in [0.2, 0.25) is 0 Å². The first-order valence-electron chi connectivity index (χ1n) is 5.75. The molecule has 0 aromatic carbocycles. The number of rotatable bonds is 0. The molecule has 2 rings (SSSR count). The Labute approximate surface area is 76.7 Å². The molecular formula is C12H22. The van der Waals surface area contributed by atoms with Gasteiger partial charge in [-0.05, 0) is 49.4 Å². The van der Waals surface area contributed by atoms with E-state index in [1.165, 1.54) is 38.5 Å². The highest BCUT2D eigenvalue weighted by Crippen LogP contribution is 2.44. The molecule has 12 heavy (non-hydrogen) atoms. The average Bonchev–Trinajstić information content (AvgIpc) is 2.05. The number of hydrogen-bond donors (Lipinski definition) is 0. The monoisotopic (exact) mass is 166 g/mol. The summed E-state index contributed by atoms with van der Waals surface area (Å²) in [4.78, 5) is 0. The van der Waals surface area contributed by atoms with Gasteiger partial charge in [0.25, 0.3) is 0 Å². The van der Waals surface area contributed by atoms with Crippen LogP contribution in [0.3, 0.4) is 0 Å². The number of hydrogen-bond acceptors (Lipinski definition) is 0. The molecule has 0 saturated heterocycles. The van der Waals surface area contributed by atoms with Gasteiger partial charge in [-0.3, -0.25) is 0 Å². The van der Waals surface area contributed by atoms with E-state index in [4.69, 9.17) is 0 Å². The van der Waals surface area contributed by atoms with Crippen molar-refractivity contribution in [3.8, 4) is 0 Å². The molecule has 0 aliphatic heterocycles. The summed E-state index contributed by atoms with van der Waals surface area (Å²) in [6, 6.07) is 0. The van der Waals surface area contributed by atoms with Crippen LogP contribution in [0.4, 0.5) is 0 Å². The van der Waals surface area contributed by atoms with Gasteiger partial charge in [0.05, 0.1) is 0 Å². The maximum atomic E-state index is 2.44. The molecule has 0 heterocycles. The quantitative estimate of drug-likeness (QED) is 0.512. The Morgan fingerprint density at radius 3 is 1.50 bits per heavy atom. The van der Waals surface area contributed by atoms with E-state index < -0.39 is 0 Å². The minimum atomic E-state index is 1.03. The van der Waals surface area contributed by atoms with E-state index in [1.807, 2.05) is 0 Å². The van der Waals surface area contributed by atoms with E-state index in [0.29, 0.717) is 0 Å². The normalized spacial score (nSPS) is 48.5. The molecule has 0 aromatic rings. The highest BCUT2D eigenvalue weighted by molar-refractivity contribution is 4.83. The zero-order chi connectivity index (χ0) is 8.55. The van der Waals surface area contributed by atoms with Crippen molar-refractivity contribution in [2.45, 2.75) is 52.4 Å². The molecule has 2 fully saturated rings. The summed E-state index contributed by atoms with van der Waals surface area (Å²) in [6.07, 6.45) is 9.17. The molecule has 0 amide bonds. The van der Waals surface area contributed by atoms with Gasteiger partial charge in [-0.1, -0.05) is 26.7 Å². The maximum absolute atomic E-state index is 2.44. The van der Waals surface area contributed by atoms with Crippen molar-refractivity contribution in [2.24, 2.45) is 23.7 Å². The molecule has 0 radical (unpaired) electrons. The Hall–Kier alpha value is 0. The molecule has 2 saturated carbocycles. The van der Waals surface area contributed by atoms with E-state index in [2.05, 4.69) is 13.8 Å². The summed E-state index contributed by atoms with van der Waals surface area (Å²) in [5.74, 6) is 4.29. The second kappa shape index (κ2) is 3.40. The van der Waals surface area contributed by atoms with Gasteiger partial charge in [0.15, 0.2) is 0 Å². The Morgan fingerprint density at radius 1 is 0.667 bits per heavy atom. The molecule has 0 nitrogen and oxygen atoms in total. The molecule has 0 unspecified atom stereocenters. The Kier molecular flexibility index (Phi) is 2.43. The molecule has 0 heteroatoms. The second-order valence-electron chi connectivity index (χ2n) is 5.36. The molecule has 0 spiro atoms. The van der Waals surface area contributed by atoms with Crippen LogP contribution >= 0.6 is 0 Å². The summed E-state index contributed by atoms with van der Waals surface area (Å²) in [6.45, 7) is 4.88. The van der Waals surface area contributed by atoms with Crippen molar-refractivity contribution >= 4 is 0 Å². The highest BCUT2D eigenvalue weighted by atomic mass is 14.4. The lowest BCUT2D eigenvalue weighted by Gasteiger charge is -2.40. The van der Waals surface area contributed by atoms with Gasteiger partial charge in [-0.15, -0.1) is 0 Å². The van der Waals surface area contributed by atoms with Crippen LogP contribution < -0.4 is 0 Å². The van der Waals surface area contributed by atoms with Gasteiger partial charge in [0.1, 0.15) is 0 Å². The van der Waals surface area contributed by atoms with Crippen molar-refractivity contribution in [3.63, 3.8) is 0 Å². The topological polar surface area (TPSA) is 0 Å². The first-order chi connectivity index (χ1) is 5.75. The summed E-state index contributed by atoms with van der Waals surface area (Å²) in [7, 11) is 0. The fraction of sp³-hybridized carbons (Fsp3) is 1.00. The van der Waals surface area contributed by atoms with Crippen LogP contribution in [0.25, 0.3) is 0 Å². The summed E-state index contributed by atoms with van der Waals surface area (Å²) >= 11 is 0. The lowest BCUT2D eigenvalue weighted by molar-refractivity contribution is 0.109. The molecule has 0 aromatic heterocycles. The minimum absolute atomic E-state index is 1.03. The van der Waals surface area contributed by atoms with E-state index in [0.717, 1.165) is 23.7 Å². The Bertz CT molecular complexity index is 132. The molecule has 2 aliphatic carbocycles. The standard InChI is InChI=1S/C12H22/c1-9-3-5-12-8-10(2)4-6-11(12)7-9/h9-12H,3-8H2,1-2H3/t9-,10+,11-,12-/m0/s1. The third-order valence-corrected chi connectivity index (χ3v) is 4.14. The van der Waals surface area contributed by atoms with Gasteiger partial charge in [0.2, 0.25) is 0 Å². The zero-order valence-electron chi connectivity index (χ0n) is 8.55. The van der Waals surface area contributed by atoms with E-state index in [-0.39, 0.29) is 0 Å². The molecular weight excluding hydrogens is 144 g/mol. The molecule has 70 valence electrons. The van der Waals surface area contributed by atoms with Crippen molar-refractivity contribution in [3.05, 3.63) is 0 Å². The van der Waals surface area contributed by atoms with Gasteiger partial charge in [-0.25, -0.2) is 0 Å². The molecule has 0 bridgehead atoms. The van der Waals surface area contributed by atoms with E-state index in [1.54, 1.807) is 0 Å². The largest absolute Gasteiger partial charge is 0.0625 e. The maximum Gasteiger partial charge on any atom is -0.0383 e. The van der Waals surface area contributed by atoms with Crippen molar-refractivity contribution in [2.75, 3.05) is 0 Å². The Morgan fingerprint density at radius 2 is 1.08 bits per heavy atom. The Balaban J connectivity index is 1.94. The zero-order valence-corrected chi connectivity index (χ0v) is 8.55. The molecule has 2 aliphatic rings. The highest BCUT2D eigenvalue weighted by Gasteiger charge is 2.32. The molecule has 0 N–H and O–H groups in total. The van der Waals surface area contributed by atoms with E-state index >= 15 is 0 Å². The smallest absolute Gasteiger partial charge is 0.0383 e. The fourth-order valence-corrected chi connectivity index (χ4v) is 3.36. The summed E-state index contributed by atoms with van der Waals surface area (Å²) in [5, 5.41) is 0. The van der Waals surface area contributed by atoms with Crippen molar-refractivity contribution in [1.29, 1.82) is 0 Å². The SMILES string of the molecule is C[C@@H]1CC[C@H]2C[C@@H](C)CC[C@H]2C1. The third kappa shape index (κ3) is 1.67. The van der Waals surface area contributed by atoms with Crippen LogP contribution in [-0.4, -0.2) is 0 Å². The molecule has 4 atom stereocenters. The minimum Gasteiger partial charge on any atom is -0.0625 e. The first kappa shape index (κ1) is 8.59. The fourth-order valence-electron chi connectivity index (χ4n) is 3.36. The van der Waals surface area contributed by atoms with Crippen LogP contribution in [0, 0.1) is 23.7 Å². The van der Waals surface area contributed by atoms with Crippen molar-refractivity contribution in [1.82, 2.24) is 0 Å². The van der Waals surface area contributed by atoms with Gasteiger partial charge in [0, 0.05) is 0 Å². The van der Waals surface area contributed by atoms with Gasteiger partial charge in [-0.2, -0.15) is 0 Å². The first-order valence-corrected chi connectivity index (χ1v) is 5.75. The lowest BCUT2D eigenvalue weighted by atomic mass is 9.65. The van der Waals surface area contributed by atoms with Crippen LogP contribution in [-0.2, 0) is 0 Å². The van der Waals surface area contributed by atoms with Crippen LogP contribution in [0.1, 0.15) is 52.4 Å². The van der Waals surface area contributed by atoms with Gasteiger partial charge < -0.3 is 0 Å². The number of fused-ring (bicyclic) bond motifs is 1. The average molecular weight is 166 g/mol. The van der Waals surface area contributed by atoms with Crippen molar-refractivity contribution < 1.29 is 0 Å². The lowest BCUT2D eigenvalue weighted by Crippen LogP contribution is -2.29. The third-order valence-electron chi connectivity index (χ3n) is 4.14.